The highest BCUT2D eigenvalue weighted by atomic mass is 16.2. The summed E-state index contributed by atoms with van der Waals surface area (Å²) in [4.78, 5) is 23.2. The largest absolute Gasteiger partial charge is 0.383 e. The molecule has 0 unspecified atom stereocenters. The number of aromatic nitrogens is 3. The number of anilines is 3. The van der Waals surface area contributed by atoms with Gasteiger partial charge in [-0.2, -0.15) is 4.57 Å². The number of aryl methyl sites for hydroxylation is 1. The van der Waals surface area contributed by atoms with Gasteiger partial charge in [0.15, 0.2) is 6.20 Å². The van der Waals surface area contributed by atoms with Crippen LogP contribution in [0.15, 0.2) is 18.6 Å². The van der Waals surface area contributed by atoms with E-state index in [9.17, 15) is 4.79 Å². The Balaban J connectivity index is 1.77. The molecule has 1 fully saturated rings. The number of piperidine rings is 1. The number of hydrogen-bond acceptors (Lipinski definition) is 6. The Morgan fingerprint density at radius 1 is 1.38 bits per heavy atom. The molecule has 4 rings (SSSR count). The zero-order valence-corrected chi connectivity index (χ0v) is 15.3. The number of nitrogens with one attached hydrogen (secondary N) is 2. The highest BCUT2D eigenvalue weighted by Gasteiger charge is 2.53. The lowest BCUT2D eigenvalue weighted by Gasteiger charge is -2.34. The normalized spacial score (nSPS) is 22.3. The molecule has 0 aliphatic carbocycles. The van der Waals surface area contributed by atoms with Crippen molar-refractivity contribution < 1.29 is 9.36 Å². The fourth-order valence-corrected chi connectivity index (χ4v) is 4.03. The molecule has 4 heterocycles. The number of fused-ring (bicyclic) bond motifs is 2. The lowest BCUT2D eigenvalue weighted by atomic mass is 9.98. The van der Waals surface area contributed by atoms with Crippen molar-refractivity contribution in [3.63, 3.8) is 0 Å². The highest BCUT2D eigenvalue weighted by Crippen LogP contribution is 2.29. The molecule has 2 aliphatic heterocycles. The predicted molar refractivity (Wildman–Crippen MR) is 98.0 cm³/mol. The first-order valence-corrected chi connectivity index (χ1v) is 8.81. The van der Waals surface area contributed by atoms with Crippen LogP contribution in [0.2, 0.25) is 0 Å². The van der Waals surface area contributed by atoms with Crippen molar-refractivity contribution in [3.05, 3.63) is 35.4 Å². The number of likely N-dealkylation sites (tertiary alicyclic amines) is 1. The second-order valence-electron chi connectivity index (χ2n) is 7.31. The summed E-state index contributed by atoms with van der Waals surface area (Å²) in [6.45, 7) is 5.68. The van der Waals surface area contributed by atoms with E-state index >= 15 is 0 Å². The SMILES string of the molecule is Cc1cc(Nc2ncnc(N)c2C)c[n+]2c1C(=O)N[C@]21CCCN(C)C1. The van der Waals surface area contributed by atoms with E-state index in [4.69, 9.17) is 5.73 Å². The number of rotatable bonds is 2. The van der Waals surface area contributed by atoms with Crippen LogP contribution >= 0.6 is 0 Å². The number of likely N-dealkylation sites (N-methyl/N-ethyl adjacent to an activating group) is 1. The highest BCUT2D eigenvalue weighted by molar-refractivity contribution is 5.94. The summed E-state index contributed by atoms with van der Waals surface area (Å²) in [7, 11) is 2.09. The van der Waals surface area contributed by atoms with Gasteiger partial charge in [0.05, 0.1) is 6.54 Å². The van der Waals surface area contributed by atoms with E-state index in [1.54, 1.807) is 0 Å². The van der Waals surface area contributed by atoms with Crippen LogP contribution in [0.3, 0.4) is 0 Å². The van der Waals surface area contributed by atoms with E-state index in [1.165, 1.54) is 6.33 Å². The van der Waals surface area contributed by atoms with Gasteiger partial charge in [0.25, 0.3) is 11.4 Å². The lowest BCUT2D eigenvalue weighted by molar-refractivity contribution is -0.763. The van der Waals surface area contributed by atoms with E-state index in [0.29, 0.717) is 11.6 Å². The van der Waals surface area contributed by atoms with Crippen molar-refractivity contribution in [2.75, 3.05) is 31.2 Å². The minimum atomic E-state index is -0.387. The van der Waals surface area contributed by atoms with E-state index in [0.717, 1.165) is 48.4 Å². The van der Waals surface area contributed by atoms with Crippen LogP contribution in [0.4, 0.5) is 17.3 Å². The van der Waals surface area contributed by atoms with Crippen molar-refractivity contribution in [3.8, 4) is 0 Å². The smallest absolute Gasteiger partial charge is 0.321 e. The van der Waals surface area contributed by atoms with Gasteiger partial charge in [-0.3, -0.25) is 15.0 Å². The summed E-state index contributed by atoms with van der Waals surface area (Å²) in [5.74, 6) is 1.12. The molecule has 0 aromatic carbocycles. The first kappa shape index (κ1) is 16.7. The zero-order valence-electron chi connectivity index (χ0n) is 15.3. The van der Waals surface area contributed by atoms with Crippen molar-refractivity contribution >= 4 is 23.2 Å². The van der Waals surface area contributed by atoms with Crippen LogP contribution in [0.25, 0.3) is 0 Å². The lowest BCUT2D eigenvalue weighted by Crippen LogP contribution is -2.66. The number of amides is 1. The first-order valence-electron chi connectivity index (χ1n) is 8.81. The molecular weight excluding hydrogens is 330 g/mol. The van der Waals surface area contributed by atoms with Gasteiger partial charge in [-0.1, -0.05) is 0 Å². The molecule has 1 saturated heterocycles. The standard InChI is InChI=1S/C18H23N7O/c1-11-7-13(22-16-12(2)15(19)20-10-21-16)8-25-14(11)17(26)23-18(25)5-4-6-24(3)9-18/h7-8,10H,4-6,9H2,1-3H3,(H3-,19,20,21,22,23,26)/p+1/t18-/m1/s1. The molecule has 8 nitrogen and oxygen atoms in total. The van der Waals surface area contributed by atoms with Gasteiger partial charge in [0.1, 0.15) is 23.7 Å². The Bertz CT molecular complexity index is 897. The number of pyridine rings is 1. The Morgan fingerprint density at radius 3 is 2.96 bits per heavy atom. The minimum Gasteiger partial charge on any atom is -0.383 e. The molecule has 4 N–H and O–H groups in total. The molecule has 1 atom stereocenters. The molecule has 0 bridgehead atoms. The summed E-state index contributed by atoms with van der Waals surface area (Å²) in [5.41, 5.74) is 8.83. The molecule has 0 radical (unpaired) electrons. The molecule has 2 aromatic heterocycles. The van der Waals surface area contributed by atoms with Crippen molar-refractivity contribution in [1.82, 2.24) is 20.2 Å². The average molecular weight is 354 g/mol. The van der Waals surface area contributed by atoms with Crippen LogP contribution < -0.4 is 20.9 Å². The molecule has 1 amide bonds. The van der Waals surface area contributed by atoms with Crippen LogP contribution in [0, 0.1) is 13.8 Å². The predicted octanol–water partition coefficient (Wildman–Crippen LogP) is 0.829. The molecule has 0 saturated carbocycles. The van der Waals surface area contributed by atoms with Crippen molar-refractivity contribution in [1.29, 1.82) is 0 Å². The van der Waals surface area contributed by atoms with Gasteiger partial charge < -0.3 is 11.1 Å². The van der Waals surface area contributed by atoms with Crippen LogP contribution in [0.1, 0.15) is 34.5 Å². The summed E-state index contributed by atoms with van der Waals surface area (Å²) in [5, 5.41) is 6.55. The van der Waals surface area contributed by atoms with E-state index < -0.39 is 0 Å². The Morgan fingerprint density at radius 2 is 2.19 bits per heavy atom. The third kappa shape index (κ3) is 2.57. The van der Waals surface area contributed by atoms with Crippen LogP contribution in [-0.4, -0.2) is 40.9 Å². The maximum atomic E-state index is 12.6. The van der Waals surface area contributed by atoms with E-state index in [1.807, 2.05) is 26.1 Å². The van der Waals surface area contributed by atoms with E-state index in [2.05, 4.69) is 37.1 Å². The fourth-order valence-electron chi connectivity index (χ4n) is 4.03. The minimum absolute atomic E-state index is 0.00758. The van der Waals surface area contributed by atoms with Gasteiger partial charge in [-0.15, -0.1) is 0 Å². The number of carbonyl (C=O) groups excluding carboxylic acids is 1. The maximum Gasteiger partial charge on any atom is 0.321 e. The zero-order chi connectivity index (χ0) is 18.5. The first-order chi connectivity index (χ1) is 12.4. The Labute approximate surface area is 152 Å². The molecule has 8 heteroatoms. The van der Waals surface area contributed by atoms with Gasteiger partial charge >= 0.3 is 5.91 Å². The number of hydrogen-bond donors (Lipinski definition) is 3. The van der Waals surface area contributed by atoms with Crippen LogP contribution in [0.5, 0.6) is 0 Å². The number of nitrogens with two attached hydrogens (primary N) is 1. The summed E-state index contributed by atoms with van der Waals surface area (Å²) in [6.07, 6.45) is 5.41. The molecule has 26 heavy (non-hydrogen) atoms. The summed E-state index contributed by atoms with van der Waals surface area (Å²) >= 11 is 0. The molecule has 2 aliphatic rings. The van der Waals surface area contributed by atoms with E-state index in [-0.39, 0.29) is 11.6 Å². The Hall–Kier alpha value is -2.74. The molecule has 2 aromatic rings. The maximum absolute atomic E-state index is 12.6. The number of nitrogen functional groups attached to an aromatic ring is 1. The van der Waals surface area contributed by atoms with Gasteiger partial charge in [0, 0.05) is 17.5 Å². The van der Waals surface area contributed by atoms with Crippen molar-refractivity contribution in [2.45, 2.75) is 32.4 Å². The third-order valence-electron chi connectivity index (χ3n) is 5.32. The summed E-state index contributed by atoms with van der Waals surface area (Å²) < 4.78 is 2.10. The quantitative estimate of drug-likeness (QED) is 0.691. The molecule has 1 spiro atoms. The average Bonchev–Trinajstić information content (AvgIpc) is 2.83. The van der Waals surface area contributed by atoms with Crippen molar-refractivity contribution in [2.24, 2.45) is 0 Å². The summed E-state index contributed by atoms with van der Waals surface area (Å²) in [6, 6.07) is 1.97. The number of nitrogens with zero attached hydrogens (tertiary/aromatic N) is 4. The fraction of sp³-hybridized carbons (Fsp3) is 0.444. The molecule has 136 valence electrons. The van der Waals surface area contributed by atoms with Gasteiger partial charge in [-0.25, -0.2) is 9.97 Å². The second-order valence-corrected chi connectivity index (χ2v) is 7.31. The third-order valence-corrected chi connectivity index (χ3v) is 5.32. The second kappa shape index (κ2) is 5.91. The van der Waals surface area contributed by atoms with Crippen LogP contribution in [-0.2, 0) is 5.66 Å². The molecular formula is C18H24N7O+. The van der Waals surface area contributed by atoms with Gasteiger partial charge in [0.2, 0.25) is 0 Å². The number of carbonyl (C=O) groups is 1. The topological polar surface area (TPSA) is 100 Å². The Kier molecular flexibility index (Phi) is 3.80. The monoisotopic (exact) mass is 354 g/mol. The van der Waals surface area contributed by atoms with Gasteiger partial charge in [-0.05, 0) is 39.9 Å².